The Labute approximate surface area is 102 Å². The standard InChI is InChI=1S/C14H17N3/c1-8-5-6-12(7-9(8)2)14-16-11(4)10(3)13(15)17-14/h5-7H,1-4H3,(H2,15,16,17). The number of nitrogens with zero attached hydrogens (tertiary/aromatic N) is 2. The molecule has 1 aromatic carbocycles. The molecule has 0 aliphatic rings. The molecular formula is C14H17N3. The molecule has 0 unspecified atom stereocenters. The number of benzene rings is 1. The van der Waals surface area contributed by atoms with E-state index in [1.165, 1.54) is 11.1 Å². The fourth-order valence-corrected chi connectivity index (χ4v) is 1.66. The van der Waals surface area contributed by atoms with Gasteiger partial charge in [0.25, 0.3) is 0 Å². The van der Waals surface area contributed by atoms with Crippen LogP contribution in [-0.2, 0) is 0 Å². The highest BCUT2D eigenvalue weighted by Gasteiger charge is 2.07. The Morgan fingerprint density at radius 2 is 1.65 bits per heavy atom. The maximum absolute atomic E-state index is 5.88. The van der Waals surface area contributed by atoms with Gasteiger partial charge in [-0.05, 0) is 44.9 Å². The van der Waals surface area contributed by atoms with Crippen molar-refractivity contribution in [2.24, 2.45) is 0 Å². The number of aromatic nitrogens is 2. The summed E-state index contributed by atoms with van der Waals surface area (Å²) in [5.41, 5.74) is 11.3. The average Bonchev–Trinajstić information content (AvgIpc) is 2.29. The monoisotopic (exact) mass is 227 g/mol. The molecule has 88 valence electrons. The van der Waals surface area contributed by atoms with Gasteiger partial charge in [-0.1, -0.05) is 12.1 Å². The van der Waals surface area contributed by atoms with Crippen molar-refractivity contribution >= 4 is 5.82 Å². The first kappa shape index (κ1) is 11.6. The summed E-state index contributed by atoms with van der Waals surface area (Å²) in [4.78, 5) is 8.82. The maximum atomic E-state index is 5.88. The zero-order chi connectivity index (χ0) is 12.6. The van der Waals surface area contributed by atoms with Crippen LogP contribution in [0.5, 0.6) is 0 Å². The van der Waals surface area contributed by atoms with Crippen LogP contribution >= 0.6 is 0 Å². The van der Waals surface area contributed by atoms with Crippen LogP contribution < -0.4 is 5.73 Å². The molecule has 3 heteroatoms. The highest BCUT2D eigenvalue weighted by molar-refractivity contribution is 5.60. The minimum atomic E-state index is 0.561. The molecule has 0 fully saturated rings. The molecule has 2 aromatic rings. The van der Waals surface area contributed by atoms with E-state index >= 15 is 0 Å². The van der Waals surface area contributed by atoms with E-state index in [1.807, 2.05) is 19.9 Å². The summed E-state index contributed by atoms with van der Waals surface area (Å²) in [6.45, 7) is 8.07. The number of aryl methyl sites for hydroxylation is 3. The van der Waals surface area contributed by atoms with Crippen LogP contribution in [0.1, 0.15) is 22.4 Å². The highest BCUT2D eigenvalue weighted by atomic mass is 15.0. The summed E-state index contributed by atoms with van der Waals surface area (Å²) < 4.78 is 0. The van der Waals surface area contributed by atoms with Crippen LogP contribution in [0.3, 0.4) is 0 Å². The number of hydrogen-bond acceptors (Lipinski definition) is 3. The number of hydrogen-bond donors (Lipinski definition) is 1. The highest BCUT2D eigenvalue weighted by Crippen LogP contribution is 2.21. The van der Waals surface area contributed by atoms with Crippen LogP contribution in [0.25, 0.3) is 11.4 Å². The molecule has 0 saturated heterocycles. The van der Waals surface area contributed by atoms with E-state index in [9.17, 15) is 0 Å². The van der Waals surface area contributed by atoms with Gasteiger partial charge < -0.3 is 5.73 Å². The first-order valence-electron chi connectivity index (χ1n) is 5.67. The van der Waals surface area contributed by atoms with Gasteiger partial charge in [-0.25, -0.2) is 9.97 Å². The van der Waals surface area contributed by atoms with Crippen molar-refractivity contribution in [2.75, 3.05) is 5.73 Å². The van der Waals surface area contributed by atoms with Gasteiger partial charge in [0, 0.05) is 16.8 Å². The molecule has 17 heavy (non-hydrogen) atoms. The molecule has 0 amide bonds. The third kappa shape index (κ3) is 2.13. The number of rotatable bonds is 1. The molecule has 0 aliphatic carbocycles. The zero-order valence-corrected chi connectivity index (χ0v) is 10.7. The molecule has 2 rings (SSSR count). The number of nitrogen functional groups attached to an aromatic ring is 1. The van der Waals surface area contributed by atoms with Gasteiger partial charge in [0.05, 0.1) is 0 Å². The van der Waals surface area contributed by atoms with Crippen molar-refractivity contribution in [2.45, 2.75) is 27.7 Å². The predicted octanol–water partition coefficient (Wildman–Crippen LogP) is 2.96. The Morgan fingerprint density at radius 1 is 0.941 bits per heavy atom. The van der Waals surface area contributed by atoms with Crippen LogP contribution in [0.4, 0.5) is 5.82 Å². The summed E-state index contributed by atoms with van der Waals surface area (Å²) in [5.74, 6) is 1.26. The zero-order valence-electron chi connectivity index (χ0n) is 10.7. The van der Waals surface area contributed by atoms with Gasteiger partial charge in [-0.2, -0.15) is 0 Å². The minimum absolute atomic E-state index is 0.561. The van der Waals surface area contributed by atoms with E-state index in [4.69, 9.17) is 5.73 Å². The molecule has 0 radical (unpaired) electrons. The first-order valence-corrected chi connectivity index (χ1v) is 5.67. The van der Waals surface area contributed by atoms with Gasteiger partial charge in [-0.3, -0.25) is 0 Å². The minimum Gasteiger partial charge on any atom is -0.383 e. The lowest BCUT2D eigenvalue weighted by molar-refractivity contribution is 1.08. The van der Waals surface area contributed by atoms with Gasteiger partial charge in [-0.15, -0.1) is 0 Å². The van der Waals surface area contributed by atoms with Crippen molar-refractivity contribution in [3.05, 3.63) is 40.6 Å². The van der Waals surface area contributed by atoms with E-state index < -0.39 is 0 Å². The quantitative estimate of drug-likeness (QED) is 0.814. The van der Waals surface area contributed by atoms with Gasteiger partial charge >= 0.3 is 0 Å². The second-order valence-corrected chi connectivity index (χ2v) is 4.44. The number of anilines is 1. The third-order valence-electron chi connectivity index (χ3n) is 3.19. The summed E-state index contributed by atoms with van der Waals surface area (Å²) in [7, 11) is 0. The summed E-state index contributed by atoms with van der Waals surface area (Å²) in [6.07, 6.45) is 0. The van der Waals surface area contributed by atoms with E-state index in [1.54, 1.807) is 0 Å². The topological polar surface area (TPSA) is 51.8 Å². The third-order valence-corrected chi connectivity index (χ3v) is 3.19. The Balaban J connectivity index is 2.57. The summed E-state index contributed by atoms with van der Waals surface area (Å²) in [6, 6.07) is 6.21. The van der Waals surface area contributed by atoms with Crippen molar-refractivity contribution in [1.29, 1.82) is 0 Å². The van der Waals surface area contributed by atoms with Crippen LogP contribution in [0.2, 0.25) is 0 Å². The molecule has 0 aliphatic heterocycles. The second-order valence-electron chi connectivity index (χ2n) is 4.44. The molecule has 0 bridgehead atoms. The van der Waals surface area contributed by atoms with Crippen molar-refractivity contribution in [3.8, 4) is 11.4 Å². The molecule has 3 nitrogen and oxygen atoms in total. The van der Waals surface area contributed by atoms with Crippen molar-refractivity contribution in [3.63, 3.8) is 0 Å². The summed E-state index contributed by atoms with van der Waals surface area (Å²) in [5, 5.41) is 0. The molecule has 0 atom stereocenters. The molecule has 2 N–H and O–H groups in total. The number of nitrogens with two attached hydrogens (primary N) is 1. The molecule has 1 heterocycles. The lowest BCUT2D eigenvalue weighted by Gasteiger charge is -2.08. The SMILES string of the molecule is Cc1ccc(-c2nc(C)c(C)c(N)n2)cc1C. The lowest BCUT2D eigenvalue weighted by atomic mass is 10.1. The smallest absolute Gasteiger partial charge is 0.161 e. The normalized spacial score (nSPS) is 10.6. The van der Waals surface area contributed by atoms with E-state index in [0.29, 0.717) is 11.6 Å². The first-order chi connectivity index (χ1) is 7.99. The van der Waals surface area contributed by atoms with Crippen LogP contribution in [0, 0.1) is 27.7 Å². The molecular weight excluding hydrogens is 210 g/mol. The predicted molar refractivity (Wildman–Crippen MR) is 70.8 cm³/mol. The van der Waals surface area contributed by atoms with Crippen LogP contribution in [0.15, 0.2) is 18.2 Å². The molecule has 1 aromatic heterocycles. The van der Waals surface area contributed by atoms with Crippen LogP contribution in [-0.4, -0.2) is 9.97 Å². The van der Waals surface area contributed by atoms with E-state index in [0.717, 1.165) is 16.8 Å². The fourth-order valence-electron chi connectivity index (χ4n) is 1.66. The van der Waals surface area contributed by atoms with E-state index in [2.05, 4.69) is 35.9 Å². The summed E-state index contributed by atoms with van der Waals surface area (Å²) >= 11 is 0. The van der Waals surface area contributed by atoms with Gasteiger partial charge in [0.2, 0.25) is 0 Å². The Hall–Kier alpha value is -1.90. The fraction of sp³-hybridized carbons (Fsp3) is 0.286. The average molecular weight is 227 g/mol. The van der Waals surface area contributed by atoms with Gasteiger partial charge in [0.1, 0.15) is 5.82 Å². The molecule has 0 spiro atoms. The molecule has 0 saturated carbocycles. The van der Waals surface area contributed by atoms with Gasteiger partial charge in [0.15, 0.2) is 5.82 Å². The Bertz CT molecular complexity index is 551. The lowest BCUT2D eigenvalue weighted by Crippen LogP contribution is -2.02. The van der Waals surface area contributed by atoms with Crippen molar-refractivity contribution < 1.29 is 0 Å². The Kier molecular flexibility index (Phi) is 2.84. The Morgan fingerprint density at radius 3 is 2.24 bits per heavy atom. The van der Waals surface area contributed by atoms with E-state index in [-0.39, 0.29) is 0 Å². The second kappa shape index (κ2) is 4.17. The largest absolute Gasteiger partial charge is 0.383 e. The maximum Gasteiger partial charge on any atom is 0.161 e. The van der Waals surface area contributed by atoms with Crippen molar-refractivity contribution in [1.82, 2.24) is 9.97 Å².